The van der Waals surface area contributed by atoms with Gasteiger partial charge in [0.25, 0.3) is 5.91 Å². The summed E-state index contributed by atoms with van der Waals surface area (Å²) >= 11 is 0. The molecule has 1 unspecified atom stereocenters. The first-order valence-electron chi connectivity index (χ1n) is 7.07. The summed E-state index contributed by atoms with van der Waals surface area (Å²) in [4.78, 5) is 25.7. The number of hydrogen-bond donors (Lipinski definition) is 2. The topological polar surface area (TPSA) is 75.4 Å². The number of nitrogens with one attached hydrogen (secondary N) is 1. The van der Waals surface area contributed by atoms with Crippen LogP contribution >= 0.6 is 0 Å². The van der Waals surface area contributed by atoms with Crippen molar-refractivity contribution in [2.75, 3.05) is 18.4 Å². The van der Waals surface area contributed by atoms with E-state index in [2.05, 4.69) is 5.32 Å². The third-order valence-electron chi connectivity index (χ3n) is 3.57. The molecule has 1 saturated heterocycles. The van der Waals surface area contributed by atoms with Gasteiger partial charge in [0, 0.05) is 24.3 Å². The second-order valence-electron chi connectivity index (χ2n) is 5.08. The van der Waals surface area contributed by atoms with Crippen LogP contribution in [-0.2, 0) is 4.79 Å². The lowest BCUT2D eigenvalue weighted by Crippen LogP contribution is -2.34. The summed E-state index contributed by atoms with van der Waals surface area (Å²) in [6.07, 6.45) is 2.75. The predicted molar refractivity (Wildman–Crippen MR) is 78.5 cm³/mol. The second kappa shape index (κ2) is 6.52. The first kappa shape index (κ1) is 14.5. The van der Waals surface area contributed by atoms with Crippen molar-refractivity contribution in [3.05, 3.63) is 29.8 Å². The van der Waals surface area contributed by atoms with E-state index in [-0.39, 0.29) is 11.8 Å². The molecule has 0 spiro atoms. The van der Waals surface area contributed by atoms with Crippen molar-refractivity contribution in [2.45, 2.75) is 32.2 Å². The summed E-state index contributed by atoms with van der Waals surface area (Å²) in [5.41, 5.74) is 6.97. The van der Waals surface area contributed by atoms with Crippen molar-refractivity contribution in [3.63, 3.8) is 0 Å². The molecule has 0 aromatic heterocycles. The van der Waals surface area contributed by atoms with Gasteiger partial charge < -0.3 is 16.0 Å². The van der Waals surface area contributed by atoms with E-state index in [9.17, 15) is 9.59 Å². The van der Waals surface area contributed by atoms with E-state index in [1.807, 2.05) is 11.8 Å². The summed E-state index contributed by atoms with van der Waals surface area (Å²) in [6, 6.07) is 6.47. The minimum atomic E-state index is -0.499. The third kappa shape index (κ3) is 3.36. The molecule has 1 aromatic carbocycles. The molecule has 1 fully saturated rings. The summed E-state index contributed by atoms with van der Waals surface area (Å²) < 4.78 is 0. The first-order chi connectivity index (χ1) is 9.61. The number of hydrogen-bond acceptors (Lipinski definition) is 3. The molecule has 1 aliphatic rings. The normalized spacial score (nSPS) is 16.0. The van der Waals surface area contributed by atoms with Crippen LogP contribution in [0.5, 0.6) is 0 Å². The molecule has 5 nitrogen and oxygen atoms in total. The average molecular weight is 275 g/mol. The molecular formula is C15H21N3O2. The minimum Gasteiger partial charge on any atom is -0.339 e. The molecule has 1 aromatic rings. The van der Waals surface area contributed by atoms with E-state index in [1.165, 1.54) is 0 Å². The third-order valence-corrected chi connectivity index (χ3v) is 3.57. The molecule has 0 radical (unpaired) electrons. The Labute approximate surface area is 119 Å². The van der Waals surface area contributed by atoms with Crippen LogP contribution in [0.1, 0.15) is 36.5 Å². The molecular weight excluding hydrogens is 254 g/mol. The molecule has 1 aliphatic heterocycles. The highest BCUT2D eigenvalue weighted by atomic mass is 16.2. The highest BCUT2D eigenvalue weighted by Gasteiger charge is 2.19. The molecule has 3 N–H and O–H groups in total. The fraction of sp³-hybridized carbons (Fsp3) is 0.467. The van der Waals surface area contributed by atoms with E-state index in [0.29, 0.717) is 17.7 Å². The number of benzene rings is 1. The van der Waals surface area contributed by atoms with Gasteiger partial charge in [-0.05, 0) is 43.5 Å². The highest BCUT2D eigenvalue weighted by Crippen LogP contribution is 2.15. The van der Waals surface area contributed by atoms with Crippen LogP contribution in [0.3, 0.4) is 0 Å². The summed E-state index contributed by atoms with van der Waals surface area (Å²) in [7, 11) is 0. The Morgan fingerprint density at radius 1 is 1.25 bits per heavy atom. The fourth-order valence-electron chi connectivity index (χ4n) is 2.22. The molecule has 20 heavy (non-hydrogen) atoms. The largest absolute Gasteiger partial charge is 0.339 e. The molecule has 108 valence electrons. The zero-order valence-corrected chi connectivity index (χ0v) is 11.8. The Morgan fingerprint density at radius 2 is 1.85 bits per heavy atom. The van der Waals surface area contributed by atoms with E-state index < -0.39 is 6.04 Å². The van der Waals surface area contributed by atoms with Gasteiger partial charge in [-0.2, -0.15) is 0 Å². The van der Waals surface area contributed by atoms with Crippen molar-refractivity contribution >= 4 is 17.5 Å². The van der Waals surface area contributed by atoms with Gasteiger partial charge in [-0.15, -0.1) is 0 Å². The maximum absolute atomic E-state index is 12.2. The van der Waals surface area contributed by atoms with Crippen molar-refractivity contribution in [1.82, 2.24) is 4.90 Å². The van der Waals surface area contributed by atoms with E-state index >= 15 is 0 Å². The monoisotopic (exact) mass is 275 g/mol. The number of likely N-dealkylation sites (tertiary alicyclic amines) is 1. The Balaban J connectivity index is 1.99. The van der Waals surface area contributed by atoms with Gasteiger partial charge in [0.05, 0.1) is 6.04 Å². The first-order valence-corrected chi connectivity index (χ1v) is 7.07. The molecule has 1 atom stereocenters. The highest BCUT2D eigenvalue weighted by molar-refractivity contribution is 5.97. The number of carbonyl (C=O) groups excluding carboxylic acids is 2. The molecule has 0 aliphatic carbocycles. The summed E-state index contributed by atoms with van der Waals surface area (Å²) in [6.45, 7) is 3.54. The Hall–Kier alpha value is -1.88. The molecule has 2 rings (SSSR count). The smallest absolute Gasteiger partial charge is 0.253 e. The Kier molecular flexibility index (Phi) is 4.74. The zero-order chi connectivity index (χ0) is 14.5. The van der Waals surface area contributed by atoms with Gasteiger partial charge in [-0.3, -0.25) is 9.59 Å². The van der Waals surface area contributed by atoms with Gasteiger partial charge in [-0.25, -0.2) is 0 Å². The summed E-state index contributed by atoms with van der Waals surface area (Å²) in [5, 5.41) is 2.74. The number of anilines is 1. The predicted octanol–water partition coefficient (Wildman–Crippen LogP) is 1.60. The number of amides is 2. The SMILES string of the molecule is CCC(N)C(=O)Nc1ccc(C(=O)N2CCCC2)cc1. The van der Waals surface area contributed by atoms with Crippen molar-refractivity contribution < 1.29 is 9.59 Å². The molecule has 0 saturated carbocycles. The Bertz CT molecular complexity index is 478. The van der Waals surface area contributed by atoms with E-state index in [0.717, 1.165) is 25.9 Å². The van der Waals surface area contributed by atoms with Crippen LogP contribution in [0.15, 0.2) is 24.3 Å². The van der Waals surface area contributed by atoms with E-state index in [4.69, 9.17) is 5.73 Å². The zero-order valence-electron chi connectivity index (χ0n) is 11.8. The Morgan fingerprint density at radius 3 is 2.40 bits per heavy atom. The summed E-state index contributed by atoms with van der Waals surface area (Å²) in [5.74, 6) is -0.142. The molecule has 1 heterocycles. The van der Waals surface area contributed by atoms with Crippen molar-refractivity contribution in [2.24, 2.45) is 5.73 Å². The van der Waals surface area contributed by atoms with Crippen LogP contribution < -0.4 is 11.1 Å². The maximum atomic E-state index is 12.2. The number of nitrogens with two attached hydrogens (primary N) is 1. The standard InChI is InChI=1S/C15H21N3O2/c1-2-13(16)14(19)17-12-7-5-11(6-8-12)15(20)18-9-3-4-10-18/h5-8,13H,2-4,9-10,16H2,1H3,(H,17,19). The van der Waals surface area contributed by atoms with Gasteiger partial charge in [0.1, 0.15) is 0 Å². The molecule has 5 heteroatoms. The van der Waals surface area contributed by atoms with Crippen LogP contribution in [0, 0.1) is 0 Å². The lowest BCUT2D eigenvalue weighted by atomic mass is 10.1. The molecule has 0 bridgehead atoms. The number of carbonyl (C=O) groups is 2. The fourth-order valence-corrected chi connectivity index (χ4v) is 2.22. The second-order valence-corrected chi connectivity index (χ2v) is 5.08. The van der Waals surface area contributed by atoms with Crippen LogP contribution in [-0.4, -0.2) is 35.8 Å². The van der Waals surface area contributed by atoms with Crippen LogP contribution in [0.25, 0.3) is 0 Å². The van der Waals surface area contributed by atoms with Gasteiger partial charge >= 0.3 is 0 Å². The van der Waals surface area contributed by atoms with Crippen molar-refractivity contribution in [1.29, 1.82) is 0 Å². The molecule has 2 amide bonds. The minimum absolute atomic E-state index is 0.0608. The number of nitrogens with zero attached hydrogens (tertiary/aromatic N) is 1. The van der Waals surface area contributed by atoms with Gasteiger partial charge in [-0.1, -0.05) is 6.92 Å². The lowest BCUT2D eigenvalue weighted by Gasteiger charge is -2.15. The van der Waals surface area contributed by atoms with Gasteiger partial charge in [0.2, 0.25) is 5.91 Å². The van der Waals surface area contributed by atoms with Crippen LogP contribution in [0.4, 0.5) is 5.69 Å². The van der Waals surface area contributed by atoms with Gasteiger partial charge in [0.15, 0.2) is 0 Å². The quantitative estimate of drug-likeness (QED) is 0.876. The number of rotatable bonds is 4. The van der Waals surface area contributed by atoms with Crippen molar-refractivity contribution in [3.8, 4) is 0 Å². The lowest BCUT2D eigenvalue weighted by molar-refractivity contribution is -0.117. The maximum Gasteiger partial charge on any atom is 0.253 e. The average Bonchev–Trinajstić information content (AvgIpc) is 3.00. The van der Waals surface area contributed by atoms with E-state index in [1.54, 1.807) is 24.3 Å². The van der Waals surface area contributed by atoms with Crippen LogP contribution in [0.2, 0.25) is 0 Å².